The van der Waals surface area contributed by atoms with Gasteiger partial charge in [-0.2, -0.15) is 0 Å². The molecule has 0 fully saturated rings. The van der Waals surface area contributed by atoms with E-state index in [1.165, 1.54) is 0 Å². The van der Waals surface area contributed by atoms with Crippen molar-refractivity contribution in [3.8, 4) is 10.8 Å². The second-order valence-corrected chi connectivity index (χ2v) is 6.99. The SMILES string of the molecule is CC(NC(C)c1ccc(Cl)cc1Cl)c1nnc(-c2cccs2)o1. The Morgan fingerprint density at radius 3 is 2.65 bits per heavy atom. The number of aromatic nitrogens is 2. The lowest BCUT2D eigenvalue weighted by molar-refractivity contribution is 0.395. The van der Waals surface area contributed by atoms with E-state index < -0.39 is 0 Å². The molecule has 0 aliphatic rings. The summed E-state index contributed by atoms with van der Waals surface area (Å²) in [5, 5.41) is 14.9. The van der Waals surface area contributed by atoms with Crippen LogP contribution in [0.15, 0.2) is 40.1 Å². The highest BCUT2D eigenvalue weighted by molar-refractivity contribution is 7.13. The van der Waals surface area contributed by atoms with E-state index in [1.54, 1.807) is 17.4 Å². The Morgan fingerprint density at radius 2 is 1.96 bits per heavy atom. The van der Waals surface area contributed by atoms with E-state index in [1.807, 2.05) is 43.5 Å². The van der Waals surface area contributed by atoms with Gasteiger partial charge in [0.05, 0.1) is 10.9 Å². The first-order chi connectivity index (χ1) is 11.0. The summed E-state index contributed by atoms with van der Waals surface area (Å²) in [5.41, 5.74) is 0.973. The first-order valence-corrected chi connectivity index (χ1v) is 8.76. The summed E-state index contributed by atoms with van der Waals surface area (Å²) >= 11 is 13.8. The van der Waals surface area contributed by atoms with Gasteiger partial charge in [-0.05, 0) is 43.0 Å². The van der Waals surface area contributed by atoms with Crippen molar-refractivity contribution in [2.45, 2.75) is 25.9 Å². The Hall–Kier alpha value is -1.40. The molecule has 4 nitrogen and oxygen atoms in total. The summed E-state index contributed by atoms with van der Waals surface area (Å²) in [4.78, 5) is 0.963. The topological polar surface area (TPSA) is 51.0 Å². The quantitative estimate of drug-likeness (QED) is 0.645. The molecule has 23 heavy (non-hydrogen) atoms. The fraction of sp³-hybridized carbons (Fsp3) is 0.250. The number of nitrogens with one attached hydrogen (secondary N) is 1. The summed E-state index contributed by atoms with van der Waals surface area (Å²) in [6.07, 6.45) is 0. The van der Waals surface area contributed by atoms with Gasteiger partial charge in [-0.3, -0.25) is 5.32 Å². The average Bonchev–Trinajstić information content (AvgIpc) is 3.18. The molecular weight excluding hydrogens is 353 g/mol. The number of thiophene rings is 1. The van der Waals surface area contributed by atoms with E-state index in [9.17, 15) is 0 Å². The van der Waals surface area contributed by atoms with Crippen molar-refractivity contribution in [1.82, 2.24) is 15.5 Å². The molecule has 0 radical (unpaired) electrons. The molecule has 3 rings (SSSR count). The monoisotopic (exact) mass is 367 g/mol. The van der Waals surface area contributed by atoms with E-state index in [0.717, 1.165) is 10.4 Å². The molecule has 3 aromatic rings. The number of nitrogens with zero attached hydrogens (tertiary/aromatic N) is 2. The van der Waals surface area contributed by atoms with Crippen LogP contribution in [-0.4, -0.2) is 10.2 Å². The molecule has 0 saturated carbocycles. The fourth-order valence-electron chi connectivity index (χ4n) is 2.30. The normalized spacial score (nSPS) is 13.9. The third kappa shape index (κ3) is 3.75. The number of rotatable bonds is 5. The molecular formula is C16H15Cl2N3OS. The Morgan fingerprint density at radius 1 is 1.13 bits per heavy atom. The summed E-state index contributed by atoms with van der Waals surface area (Å²) in [6, 6.07) is 9.31. The minimum Gasteiger partial charge on any atom is -0.418 e. The maximum absolute atomic E-state index is 6.25. The van der Waals surface area contributed by atoms with Crippen LogP contribution >= 0.6 is 34.5 Å². The molecule has 120 valence electrons. The lowest BCUT2D eigenvalue weighted by Crippen LogP contribution is -2.23. The standard InChI is InChI=1S/C16H15Cl2N3OS/c1-9(12-6-5-11(17)8-13(12)18)19-10(2)15-20-21-16(22-15)14-4-3-7-23-14/h3-10,19H,1-2H3. The van der Waals surface area contributed by atoms with Crippen LogP contribution in [-0.2, 0) is 0 Å². The third-order valence-corrected chi connectivity index (χ3v) is 4.89. The minimum atomic E-state index is -0.0991. The van der Waals surface area contributed by atoms with Gasteiger partial charge in [0, 0.05) is 16.1 Å². The van der Waals surface area contributed by atoms with Crippen molar-refractivity contribution in [2.24, 2.45) is 0 Å². The Labute approximate surface area is 148 Å². The van der Waals surface area contributed by atoms with Gasteiger partial charge >= 0.3 is 0 Å². The Bertz CT molecular complexity index is 788. The largest absolute Gasteiger partial charge is 0.418 e. The molecule has 0 amide bonds. The van der Waals surface area contributed by atoms with Gasteiger partial charge in [0.1, 0.15) is 0 Å². The van der Waals surface area contributed by atoms with Crippen LogP contribution in [0.1, 0.15) is 37.4 Å². The molecule has 0 bridgehead atoms. The van der Waals surface area contributed by atoms with Gasteiger partial charge in [-0.25, -0.2) is 0 Å². The first-order valence-electron chi connectivity index (χ1n) is 7.13. The molecule has 1 N–H and O–H groups in total. The predicted molar refractivity (Wildman–Crippen MR) is 94.0 cm³/mol. The molecule has 1 aromatic carbocycles. The van der Waals surface area contributed by atoms with Crippen LogP contribution in [0.2, 0.25) is 10.0 Å². The number of halogens is 2. The smallest absolute Gasteiger partial charge is 0.257 e. The van der Waals surface area contributed by atoms with Crippen LogP contribution in [0, 0.1) is 0 Å². The van der Waals surface area contributed by atoms with E-state index in [4.69, 9.17) is 27.6 Å². The molecule has 2 atom stereocenters. The average molecular weight is 368 g/mol. The highest BCUT2D eigenvalue weighted by Crippen LogP contribution is 2.29. The lowest BCUT2D eigenvalue weighted by atomic mass is 10.1. The van der Waals surface area contributed by atoms with Crippen LogP contribution in [0.5, 0.6) is 0 Å². The van der Waals surface area contributed by atoms with Gasteiger partial charge in [-0.15, -0.1) is 21.5 Å². The van der Waals surface area contributed by atoms with Crippen molar-refractivity contribution in [2.75, 3.05) is 0 Å². The van der Waals surface area contributed by atoms with Crippen LogP contribution < -0.4 is 5.32 Å². The zero-order valence-electron chi connectivity index (χ0n) is 12.6. The summed E-state index contributed by atoms with van der Waals surface area (Å²) in [7, 11) is 0. The zero-order valence-corrected chi connectivity index (χ0v) is 14.9. The van der Waals surface area contributed by atoms with Crippen molar-refractivity contribution in [1.29, 1.82) is 0 Å². The van der Waals surface area contributed by atoms with E-state index in [2.05, 4.69) is 15.5 Å². The third-order valence-electron chi connectivity index (χ3n) is 3.47. The van der Waals surface area contributed by atoms with E-state index in [0.29, 0.717) is 21.8 Å². The molecule has 0 aliphatic heterocycles. The lowest BCUT2D eigenvalue weighted by Gasteiger charge is -2.19. The molecule has 0 spiro atoms. The Kier molecular flexibility index (Phi) is 5.02. The second-order valence-electron chi connectivity index (χ2n) is 5.20. The summed E-state index contributed by atoms with van der Waals surface area (Å²) in [5.74, 6) is 1.09. The number of hydrogen-bond acceptors (Lipinski definition) is 5. The van der Waals surface area contributed by atoms with Crippen molar-refractivity contribution >= 4 is 34.5 Å². The van der Waals surface area contributed by atoms with Crippen LogP contribution in [0.25, 0.3) is 10.8 Å². The predicted octanol–water partition coefficient (Wildman–Crippen LogP) is 5.52. The van der Waals surface area contributed by atoms with E-state index >= 15 is 0 Å². The minimum absolute atomic E-state index is 0.0202. The molecule has 7 heteroatoms. The maximum atomic E-state index is 6.25. The van der Waals surface area contributed by atoms with Gasteiger partial charge < -0.3 is 4.42 Å². The van der Waals surface area contributed by atoms with Gasteiger partial charge in [0.2, 0.25) is 5.89 Å². The fourth-order valence-corrected chi connectivity index (χ4v) is 3.51. The molecule has 2 aromatic heterocycles. The van der Waals surface area contributed by atoms with Gasteiger partial charge in [-0.1, -0.05) is 35.3 Å². The number of benzene rings is 1. The molecule has 0 saturated heterocycles. The number of hydrogen-bond donors (Lipinski definition) is 1. The Balaban J connectivity index is 1.72. The van der Waals surface area contributed by atoms with Gasteiger partial charge in [0.25, 0.3) is 5.89 Å². The highest BCUT2D eigenvalue weighted by Gasteiger charge is 2.19. The molecule has 2 heterocycles. The zero-order chi connectivity index (χ0) is 16.4. The summed E-state index contributed by atoms with van der Waals surface area (Å²) in [6.45, 7) is 4.01. The van der Waals surface area contributed by atoms with Gasteiger partial charge in [0.15, 0.2) is 0 Å². The highest BCUT2D eigenvalue weighted by atomic mass is 35.5. The van der Waals surface area contributed by atoms with Crippen molar-refractivity contribution < 1.29 is 4.42 Å². The van der Waals surface area contributed by atoms with Crippen molar-refractivity contribution in [3.05, 3.63) is 57.2 Å². The van der Waals surface area contributed by atoms with Crippen LogP contribution in [0.4, 0.5) is 0 Å². The summed E-state index contributed by atoms with van der Waals surface area (Å²) < 4.78 is 5.75. The molecule has 2 unspecified atom stereocenters. The van der Waals surface area contributed by atoms with E-state index in [-0.39, 0.29) is 12.1 Å². The maximum Gasteiger partial charge on any atom is 0.257 e. The second kappa shape index (κ2) is 7.01. The first kappa shape index (κ1) is 16.5. The van der Waals surface area contributed by atoms with Crippen molar-refractivity contribution in [3.63, 3.8) is 0 Å². The van der Waals surface area contributed by atoms with Crippen LogP contribution in [0.3, 0.4) is 0 Å². The molecule has 0 aliphatic carbocycles.